The van der Waals surface area contributed by atoms with Crippen molar-refractivity contribution in [2.45, 2.75) is 393 Å². The number of ether oxygens (including phenoxy) is 4. The average Bonchev–Trinajstić information content (AvgIpc) is 1.70. The van der Waals surface area contributed by atoms with E-state index in [1.807, 2.05) is 0 Å². The number of hydrogen-bond acceptors (Lipinski definition) is 17. The van der Waals surface area contributed by atoms with E-state index in [4.69, 9.17) is 37.0 Å². The Kier molecular flexibility index (Phi) is 71.8. The monoisotopic (exact) mass is 1420 g/mol. The fraction of sp³-hybridized carbons (Fsp3) is 0.920. The summed E-state index contributed by atoms with van der Waals surface area (Å²) in [4.78, 5) is 77.5. The number of aliphatic hydroxyl groups excluding tert-OH is 1. The third-order valence-electron chi connectivity index (χ3n) is 18.0. The molecule has 7 atom stereocenters. The maximum atomic E-state index is 13.0. The van der Waals surface area contributed by atoms with Crippen LogP contribution in [0.1, 0.15) is 374 Å². The predicted molar refractivity (Wildman–Crippen MR) is 375 cm³/mol. The molecule has 0 heterocycles. The first kappa shape index (κ1) is 97.9. The molecule has 1 saturated carbocycles. The van der Waals surface area contributed by atoms with Crippen molar-refractivity contribution in [2.24, 2.45) is 11.8 Å². The number of allylic oxidation sites excluding steroid dienone is 2. The molecule has 0 aromatic heterocycles. The molecule has 1 N–H and O–H groups in total. The second-order valence-corrected chi connectivity index (χ2v) is 30.0. The molecule has 1 rings (SSSR count). The summed E-state index contributed by atoms with van der Waals surface area (Å²) in [6, 6.07) is 0. The van der Waals surface area contributed by atoms with Crippen molar-refractivity contribution in [3.63, 3.8) is 0 Å². The summed E-state index contributed by atoms with van der Waals surface area (Å²) >= 11 is 0. The van der Waals surface area contributed by atoms with E-state index in [-0.39, 0.29) is 84.8 Å². The first-order valence-corrected chi connectivity index (χ1v) is 41.8. The summed E-state index contributed by atoms with van der Waals surface area (Å²) in [5.41, 5.74) is 0. The molecular weight excluding hydrogens is 1280 g/mol. The molecule has 0 amide bonds. The molecule has 0 saturated heterocycles. The van der Waals surface area contributed by atoms with E-state index in [2.05, 4.69) is 39.8 Å². The van der Waals surface area contributed by atoms with Crippen molar-refractivity contribution in [3.8, 4) is 0 Å². The Morgan fingerprint density at radius 2 is 0.594 bits per heavy atom. The fourth-order valence-corrected chi connectivity index (χ4v) is 13.4. The third kappa shape index (κ3) is 67.0. The minimum atomic E-state index is -5.22. The normalized spacial score (nSPS) is 15.8. The van der Waals surface area contributed by atoms with Gasteiger partial charge in [0, 0.05) is 25.7 Å². The Balaban J connectivity index is 0. The molecule has 0 spiro atoms. The fourth-order valence-electron chi connectivity index (χ4n) is 11.9. The van der Waals surface area contributed by atoms with Crippen LogP contribution in [-0.2, 0) is 65.4 Å². The van der Waals surface area contributed by atoms with Crippen molar-refractivity contribution in [1.29, 1.82) is 0 Å². The van der Waals surface area contributed by atoms with E-state index in [1.165, 1.54) is 199 Å². The van der Waals surface area contributed by atoms with Gasteiger partial charge in [-0.2, -0.15) is 0 Å². The first-order valence-electron chi connectivity index (χ1n) is 38.9. The van der Waals surface area contributed by atoms with Crippen molar-refractivity contribution in [2.75, 3.05) is 39.6 Å². The van der Waals surface area contributed by atoms with Crippen LogP contribution in [0.25, 0.3) is 0 Å². The molecule has 96 heavy (non-hydrogen) atoms. The molecular formula is C75H140Na2O17P2. The van der Waals surface area contributed by atoms with Gasteiger partial charge in [-0.15, -0.1) is 0 Å². The molecule has 1 aliphatic carbocycles. The van der Waals surface area contributed by atoms with Crippen molar-refractivity contribution in [3.05, 3.63) is 12.2 Å². The van der Waals surface area contributed by atoms with Gasteiger partial charge in [-0.1, -0.05) is 303 Å². The number of carbonyl (C=O) groups excluding carboxylic acids is 4. The molecule has 0 aromatic carbocycles. The third-order valence-corrected chi connectivity index (χ3v) is 19.8. The van der Waals surface area contributed by atoms with Crippen molar-refractivity contribution in [1.82, 2.24) is 0 Å². The second-order valence-electron chi connectivity index (χ2n) is 27.2. The molecule has 554 valence electrons. The van der Waals surface area contributed by atoms with Crippen molar-refractivity contribution >= 4 is 39.5 Å². The standard InChI is InChI=1S/C75H142O17P2.2Na/c1-5-9-13-17-20-23-26-29-30-32-35-38-41-46-52-58-74(79)91-70(63-85-72(77)57-51-45-40-37-34-31-27-24-21-18-14-10-6-2)65-89-93(81,82)87-61-69(76)62-88-94(83,84)90-66-71(64-86-73(78)56-50-44-39-36-33-28-25-22-19-15-11-7-3)92-75(80)59-53-47-42-43-49-55-68-60-67(68)54-48-16-12-8-4;;/h29-30,67-71,76H,5-28,31-66H2,1-4H3,(H,81,82)(H,83,84);;/q;2*+1/p-2/b30-29+;;/t67?,68?,69?,70-,71-;;/m1../s1. The summed E-state index contributed by atoms with van der Waals surface area (Å²) in [7, 11) is -10.4. The van der Waals surface area contributed by atoms with E-state index < -0.39 is 97.5 Å². The van der Waals surface area contributed by atoms with Crippen LogP contribution in [0.4, 0.5) is 0 Å². The van der Waals surface area contributed by atoms with Gasteiger partial charge in [0.2, 0.25) is 0 Å². The second kappa shape index (κ2) is 70.5. The van der Waals surface area contributed by atoms with Gasteiger partial charge >= 0.3 is 83.0 Å². The molecule has 0 radical (unpaired) electrons. The summed E-state index contributed by atoms with van der Waals surface area (Å²) in [5, 5.41) is 10.6. The number of phosphoric acid groups is 2. The Bertz CT molecular complexity index is 1920. The molecule has 0 aliphatic heterocycles. The summed E-state index contributed by atoms with van der Waals surface area (Å²) in [6.45, 7) is 4.57. The minimum absolute atomic E-state index is 0. The Hall–Kier alpha value is -0.200. The zero-order valence-corrected chi connectivity index (χ0v) is 68.1. The topological polar surface area (TPSA) is 243 Å². The van der Waals surface area contributed by atoms with Crippen LogP contribution in [0.3, 0.4) is 0 Å². The number of aliphatic hydroxyl groups is 1. The van der Waals surface area contributed by atoms with E-state index in [9.17, 15) is 43.2 Å². The van der Waals surface area contributed by atoms with Gasteiger partial charge in [-0.25, -0.2) is 0 Å². The number of hydrogen-bond donors (Lipinski definition) is 1. The van der Waals surface area contributed by atoms with E-state index >= 15 is 0 Å². The Morgan fingerprint density at radius 1 is 0.354 bits per heavy atom. The van der Waals surface area contributed by atoms with Crippen molar-refractivity contribution < 1.29 is 139 Å². The zero-order chi connectivity index (χ0) is 68.7. The van der Waals surface area contributed by atoms with Crippen LogP contribution < -0.4 is 68.9 Å². The largest absolute Gasteiger partial charge is 1.00 e. The minimum Gasteiger partial charge on any atom is -0.756 e. The predicted octanol–water partition coefficient (Wildman–Crippen LogP) is 14.2. The summed E-state index contributed by atoms with van der Waals surface area (Å²) in [5.74, 6) is -0.447. The number of rotatable bonds is 73. The van der Waals surface area contributed by atoms with Crippen LogP contribution in [-0.4, -0.2) is 86.9 Å². The van der Waals surface area contributed by atoms with E-state index in [0.29, 0.717) is 25.7 Å². The quantitative estimate of drug-likeness (QED) is 0.0149. The van der Waals surface area contributed by atoms with Crippen LogP contribution in [0.2, 0.25) is 0 Å². The van der Waals surface area contributed by atoms with Gasteiger partial charge in [-0.05, 0) is 69.6 Å². The van der Waals surface area contributed by atoms with Gasteiger partial charge in [0.05, 0.1) is 26.4 Å². The van der Waals surface area contributed by atoms with Crippen LogP contribution in [0.5, 0.6) is 0 Å². The summed E-state index contributed by atoms with van der Waals surface area (Å²) < 4.78 is 67.7. The molecule has 5 unspecified atom stereocenters. The zero-order valence-electron chi connectivity index (χ0n) is 62.3. The van der Waals surface area contributed by atoms with Crippen LogP contribution in [0.15, 0.2) is 12.2 Å². The smallest absolute Gasteiger partial charge is 0.756 e. The summed E-state index contributed by atoms with van der Waals surface area (Å²) in [6.07, 6.45) is 57.6. The van der Waals surface area contributed by atoms with Gasteiger partial charge in [0.25, 0.3) is 15.6 Å². The molecule has 17 nitrogen and oxygen atoms in total. The number of phosphoric ester groups is 2. The molecule has 1 aliphatic rings. The molecule has 0 aromatic rings. The maximum absolute atomic E-state index is 13.0. The van der Waals surface area contributed by atoms with Crippen LogP contribution in [0, 0.1) is 11.8 Å². The average molecular weight is 1420 g/mol. The number of esters is 4. The maximum Gasteiger partial charge on any atom is 1.00 e. The van der Waals surface area contributed by atoms with Crippen LogP contribution >= 0.6 is 15.6 Å². The first-order chi connectivity index (χ1) is 45.6. The van der Waals surface area contributed by atoms with Gasteiger partial charge in [-0.3, -0.25) is 28.3 Å². The number of carbonyl (C=O) groups is 4. The number of unbranched alkanes of at least 4 members (excludes halogenated alkanes) is 41. The molecule has 0 bridgehead atoms. The Morgan fingerprint density at radius 3 is 0.896 bits per heavy atom. The van der Waals surface area contributed by atoms with E-state index in [1.54, 1.807) is 0 Å². The van der Waals surface area contributed by atoms with Gasteiger partial charge in [0.15, 0.2) is 12.2 Å². The van der Waals surface area contributed by atoms with Gasteiger partial charge < -0.3 is 51.9 Å². The SMILES string of the molecule is CCCCCCCC/C=C/CCCCCCCC(=O)O[C@H](COC(=O)CCCCCCCCCCCCCCC)COP(=O)([O-])OCC(O)COP(=O)([O-])OC[C@@H](COC(=O)CCCCCCCCCCCCCC)OC(=O)CCCCCCCC1CC1CCCCCC.[Na+].[Na+]. The molecule has 21 heteroatoms. The van der Waals surface area contributed by atoms with Gasteiger partial charge in [0.1, 0.15) is 19.3 Å². The Labute approximate surface area is 630 Å². The van der Waals surface area contributed by atoms with E-state index in [0.717, 1.165) is 108 Å². The molecule has 1 fully saturated rings.